The van der Waals surface area contributed by atoms with E-state index in [9.17, 15) is 22.0 Å². The molecule has 1 saturated heterocycles. The average molecular weight is 452 g/mol. The topological polar surface area (TPSA) is 66.5 Å². The first-order chi connectivity index (χ1) is 14.5. The van der Waals surface area contributed by atoms with Gasteiger partial charge in [0, 0.05) is 25.0 Å². The molecule has 1 aliphatic carbocycles. The van der Waals surface area contributed by atoms with Crippen molar-refractivity contribution in [2.45, 2.75) is 37.5 Å². The first-order valence-electron chi connectivity index (χ1n) is 10.0. The SMILES string of the molecule is C[C@H](NS(C)(=O)=O)[C@@H]1CCN1C(=O)[C@@H]1C[C@@]1(F)c1ccccc1-c1c(F)cccc1F. The van der Waals surface area contributed by atoms with Gasteiger partial charge in [0.25, 0.3) is 0 Å². The van der Waals surface area contributed by atoms with Gasteiger partial charge in [-0.05, 0) is 36.6 Å². The number of carbonyl (C=O) groups is 1. The van der Waals surface area contributed by atoms with E-state index in [0.717, 1.165) is 18.4 Å². The van der Waals surface area contributed by atoms with Crippen LogP contribution in [-0.2, 0) is 20.5 Å². The number of halogens is 3. The number of nitrogens with zero attached hydrogens (tertiary/aromatic N) is 1. The Morgan fingerprint density at radius 3 is 2.39 bits per heavy atom. The minimum absolute atomic E-state index is 0.0803. The highest BCUT2D eigenvalue weighted by molar-refractivity contribution is 7.88. The molecule has 2 aromatic rings. The lowest BCUT2D eigenvalue weighted by Gasteiger charge is -2.44. The van der Waals surface area contributed by atoms with Crippen molar-refractivity contribution in [3.05, 3.63) is 59.7 Å². The summed E-state index contributed by atoms with van der Waals surface area (Å²) in [5, 5.41) is 0. The first-order valence-corrected chi connectivity index (χ1v) is 11.9. The number of benzene rings is 2. The number of rotatable bonds is 6. The van der Waals surface area contributed by atoms with Gasteiger partial charge in [0.15, 0.2) is 0 Å². The van der Waals surface area contributed by atoms with Crippen molar-refractivity contribution in [3.63, 3.8) is 0 Å². The van der Waals surface area contributed by atoms with Crippen LogP contribution in [0.4, 0.5) is 13.2 Å². The van der Waals surface area contributed by atoms with Gasteiger partial charge < -0.3 is 4.90 Å². The van der Waals surface area contributed by atoms with Crippen LogP contribution in [0.25, 0.3) is 11.1 Å². The molecule has 1 N–H and O–H groups in total. The highest BCUT2D eigenvalue weighted by Gasteiger charge is 2.63. The molecule has 5 nitrogen and oxygen atoms in total. The predicted octanol–water partition coefficient (Wildman–Crippen LogP) is 3.36. The van der Waals surface area contributed by atoms with E-state index in [2.05, 4.69) is 4.72 Å². The summed E-state index contributed by atoms with van der Waals surface area (Å²) >= 11 is 0. The molecule has 1 saturated carbocycles. The van der Waals surface area contributed by atoms with Gasteiger partial charge in [-0.15, -0.1) is 0 Å². The smallest absolute Gasteiger partial charge is 0.229 e. The molecule has 2 aromatic carbocycles. The van der Waals surface area contributed by atoms with Gasteiger partial charge in [-0.2, -0.15) is 0 Å². The third kappa shape index (κ3) is 3.96. The van der Waals surface area contributed by atoms with Crippen LogP contribution in [0.2, 0.25) is 0 Å². The number of sulfonamides is 1. The van der Waals surface area contributed by atoms with Crippen LogP contribution in [0.1, 0.15) is 25.3 Å². The van der Waals surface area contributed by atoms with Crippen molar-refractivity contribution in [1.82, 2.24) is 9.62 Å². The Labute approximate surface area is 179 Å². The average Bonchev–Trinajstić information content (AvgIpc) is 3.32. The summed E-state index contributed by atoms with van der Waals surface area (Å²) in [5.41, 5.74) is -2.18. The lowest BCUT2D eigenvalue weighted by atomic mass is 9.92. The molecule has 0 unspecified atom stereocenters. The molecular formula is C22H23F3N2O3S. The fourth-order valence-electron chi connectivity index (χ4n) is 4.45. The highest BCUT2D eigenvalue weighted by atomic mass is 32.2. The standard InChI is InChI=1S/C22H23F3N2O3S/c1-13(26-31(2,29)30)19-10-11-27(19)21(28)16-12-22(16,25)15-7-4-3-6-14(15)20-17(23)8-5-9-18(20)24/h3-9,13,16,19,26H,10-12H2,1-2H3/t13-,16-,19-,22+/m0/s1. The number of alkyl halides is 1. The van der Waals surface area contributed by atoms with E-state index in [1.54, 1.807) is 19.1 Å². The van der Waals surface area contributed by atoms with E-state index in [4.69, 9.17) is 0 Å². The maximum Gasteiger partial charge on any atom is 0.229 e. The minimum Gasteiger partial charge on any atom is -0.338 e. The summed E-state index contributed by atoms with van der Waals surface area (Å²) in [6, 6.07) is 8.64. The van der Waals surface area contributed by atoms with Gasteiger partial charge in [0.1, 0.15) is 17.3 Å². The molecule has 0 radical (unpaired) electrons. The number of nitrogens with one attached hydrogen (secondary N) is 1. The Balaban J connectivity index is 1.58. The minimum atomic E-state index is -3.44. The molecule has 1 aliphatic heterocycles. The fraction of sp³-hybridized carbons (Fsp3) is 0.409. The highest BCUT2D eigenvalue weighted by Crippen LogP contribution is 2.59. The van der Waals surface area contributed by atoms with Crippen LogP contribution >= 0.6 is 0 Å². The summed E-state index contributed by atoms with van der Waals surface area (Å²) in [5.74, 6) is -2.99. The Kier molecular flexibility index (Phi) is 5.37. The zero-order chi connectivity index (χ0) is 22.6. The van der Waals surface area contributed by atoms with Gasteiger partial charge in [-0.25, -0.2) is 26.3 Å². The molecule has 2 aliphatic rings. The second-order valence-electron chi connectivity index (χ2n) is 8.33. The Hall–Kier alpha value is -2.39. The van der Waals surface area contributed by atoms with Crippen molar-refractivity contribution >= 4 is 15.9 Å². The maximum atomic E-state index is 15.9. The predicted molar refractivity (Wildman–Crippen MR) is 110 cm³/mol. The van der Waals surface area contributed by atoms with Crippen LogP contribution in [0, 0.1) is 17.6 Å². The summed E-state index contributed by atoms with van der Waals surface area (Å²) in [6.07, 6.45) is 1.56. The van der Waals surface area contributed by atoms with Gasteiger partial charge in [-0.3, -0.25) is 4.79 Å². The van der Waals surface area contributed by atoms with Gasteiger partial charge in [0.2, 0.25) is 15.9 Å². The summed E-state index contributed by atoms with van der Waals surface area (Å²) in [7, 11) is -3.44. The number of carbonyl (C=O) groups excluding carboxylic acids is 1. The second-order valence-corrected chi connectivity index (χ2v) is 10.1. The van der Waals surface area contributed by atoms with E-state index in [1.165, 1.54) is 23.1 Å². The number of amides is 1. The molecule has 0 aromatic heterocycles. The molecule has 4 rings (SSSR count). The zero-order valence-corrected chi connectivity index (χ0v) is 17.9. The Morgan fingerprint density at radius 2 is 1.81 bits per heavy atom. The third-order valence-electron chi connectivity index (χ3n) is 6.12. The first kappa shape index (κ1) is 21.8. The van der Waals surface area contributed by atoms with Crippen LogP contribution < -0.4 is 4.72 Å². The van der Waals surface area contributed by atoms with Crippen molar-refractivity contribution < 1.29 is 26.4 Å². The molecule has 31 heavy (non-hydrogen) atoms. The molecule has 1 amide bonds. The van der Waals surface area contributed by atoms with Crippen molar-refractivity contribution in [2.75, 3.05) is 12.8 Å². The number of likely N-dealkylation sites (tertiary alicyclic amines) is 1. The number of hydrogen-bond acceptors (Lipinski definition) is 3. The molecule has 1 heterocycles. The summed E-state index contributed by atoms with van der Waals surface area (Å²) < 4.78 is 70.0. The van der Waals surface area contributed by atoms with Crippen LogP contribution in [0.15, 0.2) is 42.5 Å². The van der Waals surface area contributed by atoms with E-state index in [-0.39, 0.29) is 29.2 Å². The number of hydrogen-bond donors (Lipinski definition) is 1. The van der Waals surface area contributed by atoms with E-state index in [0.29, 0.717) is 13.0 Å². The van der Waals surface area contributed by atoms with E-state index < -0.39 is 45.2 Å². The van der Waals surface area contributed by atoms with Gasteiger partial charge in [-0.1, -0.05) is 30.3 Å². The van der Waals surface area contributed by atoms with E-state index >= 15 is 4.39 Å². The molecular weight excluding hydrogens is 429 g/mol. The molecule has 166 valence electrons. The van der Waals surface area contributed by atoms with Crippen LogP contribution in [0.3, 0.4) is 0 Å². The second kappa shape index (κ2) is 7.63. The van der Waals surface area contributed by atoms with Crippen molar-refractivity contribution in [2.24, 2.45) is 5.92 Å². The van der Waals surface area contributed by atoms with Crippen molar-refractivity contribution in [3.8, 4) is 11.1 Å². The third-order valence-corrected chi connectivity index (χ3v) is 6.92. The Bertz CT molecular complexity index is 1120. The molecule has 9 heteroatoms. The zero-order valence-electron chi connectivity index (χ0n) is 17.1. The normalized spacial score (nSPS) is 26.3. The van der Waals surface area contributed by atoms with Gasteiger partial charge in [0.05, 0.1) is 17.7 Å². The molecule has 2 fully saturated rings. The van der Waals surface area contributed by atoms with Crippen molar-refractivity contribution in [1.29, 1.82) is 0 Å². The van der Waals surface area contributed by atoms with Gasteiger partial charge >= 0.3 is 0 Å². The quantitative estimate of drug-likeness (QED) is 0.731. The molecule has 4 atom stereocenters. The fourth-order valence-corrected chi connectivity index (χ4v) is 5.29. The summed E-state index contributed by atoms with van der Waals surface area (Å²) in [6.45, 7) is 2.08. The Morgan fingerprint density at radius 1 is 1.16 bits per heavy atom. The summed E-state index contributed by atoms with van der Waals surface area (Å²) in [4.78, 5) is 14.5. The lowest BCUT2D eigenvalue weighted by Crippen LogP contribution is -2.60. The van der Waals surface area contributed by atoms with Crippen LogP contribution in [-0.4, -0.2) is 44.1 Å². The van der Waals surface area contributed by atoms with E-state index in [1.807, 2.05) is 0 Å². The molecule has 0 bridgehead atoms. The maximum absolute atomic E-state index is 15.9. The van der Waals surface area contributed by atoms with Crippen LogP contribution in [0.5, 0.6) is 0 Å². The monoisotopic (exact) mass is 452 g/mol. The lowest BCUT2D eigenvalue weighted by molar-refractivity contribution is -0.142. The largest absolute Gasteiger partial charge is 0.338 e. The molecule has 0 spiro atoms.